The minimum atomic E-state index is -1.04. The molecule has 0 aliphatic carbocycles. The Morgan fingerprint density at radius 1 is 1.40 bits per heavy atom. The molecule has 1 N–H and O–H groups in total. The van der Waals surface area contributed by atoms with Crippen LogP contribution in [0.25, 0.3) is 0 Å². The molecule has 0 aromatic heterocycles. The fourth-order valence-electron chi connectivity index (χ4n) is 1.53. The van der Waals surface area contributed by atoms with Gasteiger partial charge in [0.25, 0.3) is 0 Å². The smallest absolute Gasteiger partial charge is 0.329 e. The monoisotopic (exact) mass is 281 g/mol. The molecule has 0 radical (unpaired) electrons. The average molecular weight is 281 g/mol. The predicted octanol–water partition coefficient (Wildman–Crippen LogP) is 1.19. The van der Waals surface area contributed by atoms with Crippen LogP contribution in [-0.4, -0.2) is 25.0 Å². The largest absolute Gasteiger partial charge is 0.467 e. The second-order valence-corrected chi connectivity index (χ2v) is 3.98. The Morgan fingerprint density at radius 2 is 2.10 bits per heavy atom. The molecule has 0 unspecified atom stereocenters. The van der Waals surface area contributed by atoms with Crippen molar-refractivity contribution in [3.63, 3.8) is 0 Å². The van der Waals surface area contributed by atoms with E-state index in [1.54, 1.807) is 0 Å². The van der Waals surface area contributed by atoms with E-state index in [1.165, 1.54) is 13.2 Å². The summed E-state index contributed by atoms with van der Waals surface area (Å²) in [5, 5.41) is 2.38. The summed E-state index contributed by atoms with van der Waals surface area (Å²) in [4.78, 5) is 23.1. The Balaban J connectivity index is 2.68. The molecular formula is C14H13F2NO3. The molecule has 4 nitrogen and oxygen atoms in total. The minimum absolute atomic E-state index is 0.0177. The van der Waals surface area contributed by atoms with Crippen molar-refractivity contribution in [2.45, 2.75) is 18.9 Å². The lowest BCUT2D eigenvalue weighted by molar-refractivity contribution is -0.144. The number of hydrogen-bond donors (Lipinski definition) is 1. The molecule has 0 aliphatic heterocycles. The maximum atomic E-state index is 13.0. The molecular weight excluding hydrogens is 268 g/mol. The Kier molecular flexibility index (Phi) is 5.66. The molecule has 0 spiro atoms. The van der Waals surface area contributed by atoms with Gasteiger partial charge in [-0.3, -0.25) is 4.79 Å². The molecule has 0 fully saturated rings. The molecule has 0 saturated heterocycles. The van der Waals surface area contributed by atoms with Crippen molar-refractivity contribution >= 4 is 11.9 Å². The van der Waals surface area contributed by atoms with Crippen molar-refractivity contribution in [2.24, 2.45) is 0 Å². The standard InChI is InChI=1S/C14H13F2NO3/c1-3-4-12(14(19)20-2)17-13(18)8-9-5-6-10(15)11(16)7-9/h1,5-7,12H,4,8H2,2H3,(H,17,18)/t12-/m1/s1. The maximum Gasteiger partial charge on any atom is 0.329 e. The van der Waals surface area contributed by atoms with Crippen molar-refractivity contribution in [2.75, 3.05) is 7.11 Å². The molecule has 1 aromatic carbocycles. The van der Waals surface area contributed by atoms with E-state index < -0.39 is 29.6 Å². The van der Waals surface area contributed by atoms with Crippen molar-refractivity contribution < 1.29 is 23.1 Å². The molecule has 1 atom stereocenters. The second kappa shape index (κ2) is 7.24. The Hall–Kier alpha value is -2.42. The van der Waals surface area contributed by atoms with Gasteiger partial charge in [-0.25, -0.2) is 13.6 Å². The van der Waals surface area contributed by atoms with Gasteiger partial charge in [0.05, 0.1) is 13.5 Å². The number of ether oxygens (including phenoxy) is 1. The average Bonchev–Trinajstić information content (AvgIpc) is 2.41. The highest BCUT2D eigenvalue weighted by molar-refractivity contribution is 5.85. The normalized spacial score (nSPS) is 11.3. The highest BCUT2D eigenvalue weighted by Crippen LogP contribution is 2.09. The van der Waals surface area contributed by atoms with Crippen molar-refractivity contribution in [1.29, 1.82) is 0 Å². The number of methoxy groups -OCH3 is 1. The number of nitrogens with one attached hydrogen (secondary N) is 1. The van der Waals surface area contributed by atoms with Crippen LogP contribution in [0.15, 0.2) is 18.2 Å². The van der Waals surface area contributed by atoms with Crippen LogP contribution >= 0.6 is 0 Å². The summed E-state index contributed by atoms with van der Waals surface area (Å²) < 4.78 is 30.2. The molecule has 0 bridgehead atoms. The number of carbonyl (C=O) groups excluding carboxylic acids is 2. The zero-order chi connectivity index (χ0) is 15.1. The molecule has 1 rings (SSSR count). The van der Waals surface area contributed by atoms with Gasteiger partial charge in [-0.2, -0.15) is 0 Å². The Bertz CT molecular complexity index is 552. The summed E-state index contributed by atoms with van der Waals surface area (Å²) in [5.41, 5.74) is 0.283. The minimum Gasteiger partial charge on any atom is -0.467 e. The molecule has 0 saturated carbocycles. The molecule has 20 heavy (non-hydrogen) atoms. The zero-order valence-corrected chi connectivity index (χ0v) is 10.8. The first-order valence-corrected chi connectivity index (χ1v) is 5.72. The fraction of sp³-hybridized carbons (Fsp3) is 0.286. The lowest BCUT2D eigenvalue weighted by Gasteiger charge is -2.14. The van der Waals surface area contributed by atoms with E-state index >= 15 is 0 Å². The van der Waals surface area contributed by atoms with Crippen LogP contribution in [0, 0.1) is 24.0 Å². The fourth-order valence-corrected chi connectivity index (χ4v) is 1.53. The third kappa shape index (κ3) is 4.35. The van der Waals surface area contributed by atoms with Crippen LogP contribution in [0.1, 0.15) is 12.0 Å². The summed E-state index contributed by atoms with van der Waals surface area (Å²) >= 11 is 0. The molecule has 106 valence electrons. The Morgan fingerprint density at radius 3 is 2.65 bits per heavy atom. The molecule has 6 heteroatoms. The van der Waals surface area contributed by atoms with E-state index in [0.717, 1.165) is 12.1 Å². The van der Waals surface area contributed by atoms with Gasteiger partial charge in [0.15, 0.2) is 11.6 Å². The SMILES string of the molecule is C#CC[C@@H](NC(=O)Cc1ccc(F)c(F)c1)C(=O)OC. The number of benzene rings is 1. The van der Waals surface area contributed by atoms with Crippen LogP contribution in [0.4, 0.5) is 8.78 Å². The molecule has 1 aromatic rings. The summed E-state index contributed by atoms with van der Waals surface area (Å²) in [6, 6.07) is 2.18. The Labute approximate surface area is 115 Å². The number of amides is 1. The van der Waals surface area contributed by atoms with Gasteiger partial charge in [-0.05, 0) is 17.7 Å². The van der Waals surface area contributed by atoms with E-state index in [0.29, 0.717) is 0 Å². The van der Waals surface area contributed by atoms with E-state index in [-0.39, 0.29) is 18.4 Å². The molecule has 0 aliphatic rings. The van der Waals surface area contributed by atoms with E-state index in [9.17, 15) is 18.4 Å². The van der Waals surface area contributed by atoms with Crippen LogP contribution in [-0.2, 0) is 20.7 Å². The van der Waals surface area contributed by atoms with E-state index in [4.69, 9.17) is 6.42 Å². The topological polar surface area (TPSA) is 55.4 Å². The molecule has 1 amide bonds. The first-order valence-electron chi connectivity index (χ1n) is 5.72. The van der Waals surface area contributed by atoms with E-state index in [1.807, 2.05) is 0 Å². The van der Waals surface area contributed by atoms with Gasteiger partial charge in [-0.1, -0.05) is 6.07 Å². The number of terminal acetylenes is 1. The summed E-state index contributed by atoms with van der Waals surface area (Å²) in [5.74, 6) is -0.992. The quantitative estimate of drug-likeness (QED) is 0.651. The first kappa shape index (κ1) is 15.6. The van der Waals surface area contributed by atoms with Crippen LogP contribution in [0.2, 0.25) is 0 Å². The second-order valence-electron chi connectivity index (χ2n) is 3.98. The number of halogens is 2. The van der Waals surface area contributed by atoms with Crippen LogP contribution < -0.4 is 5.32 Å². The zero-order valence-electron chi connectivity index (χ0n) is 10.8. The van der Waals surface area contributed by atoms with Gasteiger partial charge < -0.3 is 10.1 Å². The summed E-state index contributed by atoms with van der Waals surface area (Å²) in [6.45, 7) is 0. The summed E-state index contributed by atoms with van der Waals surface area (Å²) in [7, 11) is 1.17. The first-order chi connectivity index (χ1) is 9.47. The highest BCUT2D eigenvalue weighted by Gasteiger charge is 2.20. The third-order valence-electron chi connectivity index (χ3n) is 2.49. The van der Waals surface area contributed by atoms with Crippen molar-refractivity contribution in [3.05, 3.63) is 35.4 Å². The van der Waals surface area contributed by atoms with Crippen molar-refractivity contribution in [3.8, 4) is 12.3 Å². The van der Waals surface area contributed by atoms with Gasteiger partial charge in [0.2, 0.25) is 5.91 Å². The van der Waals surface area contributed by atoms with Gasteiger partial charge in [0, 0.05) is 6.42 Å². The third-order valence-corrected chi connectivity index (χ3v) is 2.49. The summed E-state index contributed by atoms with van der Waals surface area (Å²) in [6.07, 6.45) is 4.87. The number of rotatable bonds is 5. The highest BCUT2D eigenvalue weighted by atomic mass is 19.2. The van der Waals surface area contributed by atoms with Gasteiger partial charge >= 0.3 is 5.97 Å². The number of carbonyl (C=O) groups is 2. The number of hydrogen-bond acceptors (Lipinski definition) is 3. The lowest BCUT2D eigenvalue weighted by atomic mass is 10.1. The van der Waals surface area contributed by atoms with E-state index in [2.05, 4.69) is 16.0 Å². The molecule has 0 heterocycles. The lowest BCUT2D eigenvalue weighted by Crippen LogP contribution is -2.42. The number of esters is 1. The predicted molar refractivity (Wildman–Crippen MR) is 67.5 cm³/mol. The van der Waals surface area contributed by atoms with Crippen LogP contribution in [0.5, 0.6) is 0 Å². The maximum absolute atomic E-state index is 13.0. The van der Waals surface area contributed by atoms with Gasteiger partial charge in [-0.15, -0.1) is 12.3 Å². The van der Waals surface area contributed by atoms with Crippen molar-refractivity contribution in [1.82, 2.24) is 5.32 Å². The van der Waals surface area contributed by atoms with Crippen LogP contribution in [0.3, 0.4) is 0 Å². The van der Waals surface area contributed by atoms with Gasteiger partial charge in [0.1, 0.15) is 6.04 Å².